The van der Waals surface area contributed by atoms with Gasteiger partial charge in [0.15, 0.2) is 11.5 Å². The van der Waals surface area contributed by atoms with Crippen LogP contribution >= 0.6 is 0 Å². The fourth-order valence-electron chi connectivity index (χ4n) is 3.09. The van der Waals surface area contributed by atoms with E-state index in [1.165, 1.54) is 25.7 Å². The Labute approximate surface area is 182 Å². The van der Waals surface area contributed by atoms with Gasteiger partial charge in [0.25, 0.3) is 0 Å². The Bertz CT molecular complexity index is 612. The van der Waals surface area contributed by atoms with E-state index in [0.29, 0.717) is 25.2 Å². The Kier molecular flexibility index (Phi) is 14.5. The summed E-state index contributed by atoms with van der Waals surface area (Å²) in [5.41, 5.74) is 0. The fraction of sp³-hybridized carbons (Fsp3) is 0.680. The van der Waals surface area contributed by atoms with E-state index in [2.05, 4.69) is 13.8 Å². The number of rotatable bonds is 17. The first-order valence-electron chi connectivity index (χ1n) is 11.8. The molecule has 5 nitrogen and oxygen atoms in total. The summed E-state index contributed by atoms with van der Waals surface area (Å²) in [4.78, 5) is 24.6. The molecule has 0 aliphatic heterocycles. The second kappa shape index (κ2) is 16.7. The summed E-state index contributed by atoms with van der Waals surface area (Å²) in [6, 6.07) is 5.14. The molecule has 0 aliphatic carbocycles. The maximum absolute atomic E-state index is 12.4. The Morgan fingerprint density at radius 1 is 0.667 bits per heavy atom. The lowest BCUT2D eigenvalue weighted by Crippen LogP contribution is -2.13. The molecule has 0 fully saturated rings. The molecular formula is C25H40O5. The van der Waals surface area contributed by atoms with E-state index in [4.69, 9.17) is 14.2 Å². The zero-order valence-electron chi connectivity index (χ0n) is 19.2. The average molecular weight is 421 g/mol. The molecule has 0 radical (unpaired) electrons. The molecule has 1 rings (SSSR count). The second-order valence-corrected chi connectivity index (χ2v) is 7.71. The van der Waals surface area contributed by atoms with E-state index in [9.17, 15) is 9.59 Å². The predicted octanol–water partition coefficient (Wildman–Crippen LogP) is 7.01. The normalized spacial score (nSPS) is 10.6. The number of carbonyl (C=O) groups is 2. The molecule has 170 valence electrons. The van der Waals surface area contributed by atoms with E-state index >= 15 is 0 Å². The Morgan fingerprint density at radius 2 is 1.20 bits per heavy atom. The molecule has 0 aliphatic rings. The summed E-state index contributed by atoms with van der Waals surface area (Å²) in [5, 5.41) is 0. The highest BCUT2D eigenvalue weighted by Crippen LogP contribution is 2.38. The first-order valence-corrected chi connectivity index (χ1v) is 11.8. The van der Waals surface area contributed by atoms with E-state index in [0.717, 1.165) is 44.9 Å². The summed E-state index contributed by atoms with van der Waals surface area (Å²) in [6.45, 7) is 6.83. The standard InChI is InChI=1S/C25H40O5/c1-4-7-9-11-13-18-23(26)29-22-17-15-16-21(28-20-6-3)25(22)30-24(27)19-14-12-10-8-5-2/h15-17H,4-14,18-20H2,1-3H3. The van der Waals surface area contributed by atoms with Gasteiger partial charge in [-0.15, -0.1) is 0 Å². The number of hydrogen-bond acceptors (Lipinski definition) is 5. The van der Waals surface area contributed by atoms with Crippen molar-refractivity contribution in [2.45, 2.75) is 104 Å². The summed E-state index contributed by atoms with van der Waals surface area (Å²) >= 11 is 0. The van der Waals surface area contributed by atoms with Crippen LogP contribution in [0, 0.1) is 0 Å². The molecular weight excluding hydrogens is 380 g/mol. The molecule has 0 saturated carbocycles. The van der Waals surface area contributed by atoms with Crippen molar-refractivity contribution >= 4 is 11.9 Å². The largest absolute Gasteiger partial charge is 0.490 e. The van der Waals surface area contributed by atoms with Crippen LogP contribution in [-0.2, 0) is 9.59 Å². The molecule has 0 N–H and O–H groups in total. The van der Waals surface area contributed by atoms with Gasteiger partial charge in [0.1, 0.15) is 0 Å². The molecule has 0 amide bonds. The van der Waals surface area contributed by atoms with E-state index in [1.54, 1.807) is 18.2 Å². The lowest BCUT2D eigenvalue weighted by atomic mass is 10.1. The van der Waals surface area contributed by atoms with E-state index in [-0.39, 0.29) is 23.4 Å². The fourth-order valence-corrected chi connectivity index (χ4v) is 3.09. The van der Waals surface area contributed by atoms with Gasteiger partial charge in [-0.3, -0.25) is 9.59 Å². The van der Waals surface area contributed by atoms with Crippen molar-refractivity contribution < 1.29 is 23.8 Å². The van der Waals surface area contributed by atoms with Gasteiger partial charge in [0.05, 0.1) is 6.61 Å². The summed E-state index contributed by atoms with van der Waals surface area (Å²) < 4.78 is 16.9. The topological polar surface area (TPSA) is 61.8 Å². The SMILES string of the molecule is CCCCCCCC(=O)Oc1cccc(OCCC)c1OC(=O)CCCCCCC. The van der Waals surface area contributed by atoms with Gasteiger partial charge >= 0.3 is 11.9 Å². The number of para-hydroxylation sites is 1. The predicted molar refractivity (Wildman–Crippen MR) is 120 cm³/mol. The van der Waals surface area contributed by atoms with Gasteiger partial charge in [-0.05, 0) is 31.4 Å². The van der Waals surface area contributed by atoms with Crippen LogP contribution in [0.2, 0.25) is 0 Å². The molecule has 30 heavy (non-hydrogen) atoms. The van der Waals surface area contributed by atoms with Gasteiger partial charge in [0.2, 0.25) is 5.75 Å². The molecule has 0 atom stereocenters. The molecule has 5 heteroatoms. The monoisotopic (exact) mass is 420 g/mol. The number of unbranched alkanes of at least 4 members (excludes halogenated alkanes) is 8. The first kappa shape index (κ1) is 26.0. The van der Waals surface area contributed by atoms with Gasteiger partial charge in [-0.2, -0.15) is 0 Å². The summed E-state index contributed by atoms with van der Waals surface area (Å²) in [6.07, 6.45) is 12.1. The minimum atomic E-state index is -0.323. The average Bonchev–Trinajstić information content (AvgIpc) is 2.73. The molecule has 0 bridgehead atoms. The first-order chi connectivity index (χ1) is 14.6. The van der Waals surface area contributed by atoms with Crippen LogP contribution in [0.5, 0.6) is 17.2 Å². The van der Waals surface area contributed by atoms with Crippen molar-refractivity contribution in [2.24, 2.45) is 0 Å². The maximum Gasteiger partial charge on any atom is 0.311 e. The Balaban J connectivity index is 2.70. The van der Waals surface area contributed by atoms with Crippen LogP contribution in [0.25, 0.3) is 0 Å². The van der Waals surface area contributed by atoms with Crippen LogP contribution in [0.3, 0.4) is 0 Å². The quantitative estimate of drug-likeness (QED) is 0.154. The van der Waals surface area contributed by atoms with Gasteiger partial charge in [0, 0.05) is 12.8 Å². The number of benzene rings is 1. The lowest BCUT2D eigenvalue weighted by Gasteiger charge is -2.15. The molecule has 0 saturated heterocycles. The van der Waals surface area contributed by atoms with Crippen molar-refractivity contribution in [2.75, 3.05) is 6.61 Å². The van der Waals surface area contributed by atoms with Crippen molar-refractivity contribution in [3.05, 3.63) is 18.2 Å². The number of ether oxygens (including phenoxy) is 3. The van der Waals surface area contributed by atoms with E-state index in [1.807, 2.05) is 6.92 Å². The zero-order chi connectivity index (χ0) is 22.0. The summed E-state index contributed by atoms with van der Waals surface area (Å²) in [7, 11) is 0. The van der Waals surface area contributed by atoms with Gasteiger partial charge < -0.3 is 14.2 Å². The number of carbonyl (C=O) groups excluding carboxylic acids is 2. The van der Waals surface area contributed by atoms with Crippen LogP contribution in [-0.4, -0.2) is 18.5 Å². The van der Waals surface area contributed by atoms with Crippen molar-refractivity contribution in [3.63, 3.8) is 0 Å². The number of hydrogen-bond donors (Lipinski definition) is 0. The third kappa shape index (κ3) is 11.2. The maximum atomic E-state index is 12.4. The third-order valence-corrected chi connectivity index (χ3v) is 4.81. The van der Waals surface area contributed by atoms with Crippen molar-refractivity contribution in [1.82, 2.24) is 0 Å². The Morgan fingerprint density at radius 3 is 1.77 bits per heavy atom. The minimum Gasteiger partial charge on any atom is -0.490 e. The minimum absolute atomic E-state index is 0.212. The van der Waals surface area contributed by atoms with Crippen LogP contribution in [0.1, 0.15) is 104 Å². The van der Waals surface area contributed by atoms with Crippen LogP contribution < -0.4 is 14.2 Å². The second-order valence-electron chi connectivity index (χ2n) is 7.71. The highest BCUT2D eigenvalue weighted by molar-refractivity contribution is 5.77. The molecule has 1 aromatic carbocycles. The lowest BCUT2D eigenvalue weighted by molar-refractivity contribution is -0.137. The molecule has 0 unspecified atom stereocenters. The van der Waals surface area contributed by atoms with Crippen molar-refractivity contribution in [1.29, 1.82) is 0 Å². The Hall–Kier alpha value is -2.04. The summed E-state index contributed by atoms with van der Waals surface area (Å²) in [5.74, 6) is 0.265. The van der Waals surface area contributed by atoms with Crippen LogP contribution in [0.4, 0.5) is 0 Å². The van der Waals surface area contributed by atoms with Gasteiger partial charge in [-0.1, -0.05) is 78.2 Å². The highest BCUT2D eigenvalue weighted by atomic mass is 16.6. The van der Waals surface area contributed by atoms with Crippen molar-refractivity contribution in [3.8, 4) is 17.2 Å². The molecule has 0 heterocycles. The molecule has 1 aromatic rings. The number of esters is 2. The smallest absolute Gasteiger partial charge is 0.311 e. The van der Waals surface area contributed by atoms with E-state index < -0.39 is 0 Å². The highest BCUT2D eigenvalue weighted by Gasteiger charge is 2.19. The third-order valence-electron chi connectivity index (χ3n) is 4.81. The van der Waals surface area contributed by atoms with Crippen LogP contribution in [0.15, 0.2) is 18.2 Å². The molecule has 0 aromatic heterocycles. The zero-order valence-corrected chi connectivity index (χ0v) is 19.2. The van der Waals surface area contributed by atoms with Gasteiger partial charge in [-0.25, -0.2) is 0 Å². The molecule has 0 spiro atoms.